The maximum absolute atomic E-state index is 9.80. The van der Waals surface area contributed by atoms with Crippen LogP contribution >= 0.6 is 0 Å². The fourth-order valence-electron chi connectivity index (χ4n) is 1.83. The number of ether oxygens (including phenoxy) is 1. The summed E-state index contributed by atoms with van der Waals surface area (Å²) in [6.45, 7) is 10.1. The highest BCUT2D eigenvalue weighted by molar-refractivity contribution is 5.44. The van der Waals surface area contributed by atoms with Crippen molar-refractivity contribution in [2.24, 2.45) is 0 Å². The third kappa shape index (κ3) is 4.31. The van der Waals surface area contributed by atoms with Gasteiger partial charge >= 0.3 is 0 Å². The fourth-order valence-corrected chi connectivity index (χ4v) is 1.83. The van der Waals surface area contributed by atoms with E-state index in [-0.39, 0.29) is 0 Å². The van der Waals surface area contributed by atoms with Crippen LogP contribution in [0.3, 0.4) is 0 Å². The van der Waals surface area contributed by atoms with Gasteiger partial charge in [-0.05, 0) is 50.4 Å². The molecule has 1 unspecified atom stereocenters. The number of hydrogen-bond acceptors (Lipinski definition) is 3. The monoisotopic (exact) mass is 251 g/mol. The van der Waals surface area contributed by atoms with Gasteiger partial charge in [0.05, 0.1) is 0 Å². The van der Waals surface area contributed by atoms with Crippen LogP contribution in [-0.2, 0) is 0 Å². The molecule has 0 aromatic heterocycles. The highest BCUT2D eigenvalue weighted by atomic mass is 16.5. The molecular weight excluding hydrogens is 226 g/mol. The van der Waals surface area contributed by atoms with Gasteiger partial charge in [0.15, 0.2) is 0 Å². The Hall–Kier alpha value is -1.06. The topological polar surface area (TPSA) is 41.5 Å². The Morgan fingerprint density at radius 1 is 1.22 bits per heavy atom. The van der Waals surface area contributed by atoms with Crippen molar-refractivity contribution in [1.82, 2.24) is 5.32 Å². The first kappa shape index (κ1) is 15.0. The van der Waals surface area contributed by atoms with Crippen molar-refractivity contribution in [1.29, 1.82) is 0 Å². The van der Waals surface area contributed by atoms with E-state index in [0.717, 1.165) is 29.8 Å². The van der Waals surface area contributed by atoms with Crippen LogP contribution in [0, 0.1) is 20.8 Å². The van der Waals surface area contributed by atoms with E-state index in [9.17, 15) is 5.11 Å². The van der Waals surface area contributed by atoms with Crippen molar-refractivity contribution < 1.29 is 9.84 Å². The first-order valence-electron chi connectivity index (χ1n) is 6.64. The van der Waals surface area contributed by atoms with Crippen molar-refractivity contribution in [3.8, 4) is 5.75 Å². The number of aryl methyl sites for hydroxylation is 2. The summed E-state index contributed by atoms with van der Waals surface area (Å²) in [7, 11) is 0. The number of nitrogens with one attached hydrogen (secondary N) is 1. The lowest BCUT2D eigenvalue weighted by Crippen LogP contribution is -2.32. The van der Waals surface area contributed by atoms with Crippen molar-refractivity contribution in [2.75, 3.05) is 19.7 Å². The Bertz CT molecular complexity index is 377. The molecule has 0 aliphatic heterocycles. The molecule has 18 heavy (non-hydrogen) atoms. The van der Waals surface area contributed by atoms with Gasteiger partial charge in [0.25, 0.3) is 0 Å². The predicted octanol–water partition coefficient (Wildman–Crippen LogP) is 2.35. The zero-order chi connectivity index (χ0) is 13.5. The molecule has 0 spiro atoms. The summed E-state index contributed by atoms with van der Waals surface area (Å²) in [6, 6.07) is 4.15. The van der Waals surface area contributed by atoms with Crippen LogP contribution in [0.1, 0.15) is 30.0 Å². The molecule has 0 heterocycles. The van der Waals surface area contributed by atoms with E-state index in [2.05, 4.69) is 38.2 Å². The first-order chi connectivity index (χ1) is 8.56. The van der Waals surface area contributed by atoms with Crippen molar-refractivity contribution in [3.63, 3.8) is 0 Å². The molecule has 1 aromatic rings. The molecule has 3 nitrogen and oxygen atoms in total. The molecule has 0 amide bonds. The van der Waals surface area contributed by atoms with Crippen LogP contribution in [0.25, 0.3) is 0 Å². The number of aliphatic hydroxyl groups excluding tert-OH is 1. The lowest BCUT2D eigenvalue weighted by atomic mass is 10.1. The molecule has 1 aromatic carbocycles. The molecule has 3 heteroatoms. The standard InChI is InChI=1S/C15H25NO2/c1-5-8-16-9-14(17)10-18-15-12(3)7-6-11(2)13(15)4/h6-7,14,16-17H,5,8-10H2,1-4H3. The third-order valence-electron chi connectivity index (χ3n) is 3.10. The minimum absolute atomic E-state index is 0.335. The van der Waals surface area contributed by atoms with Crippen LogP contribution in [0.4, 0.5) is 0 Å². The van der Waals surface area contributed by atoms with E-state index < -0.39 is 6.10 Å². The molecule has 2 N–H and O–H groups in total. The van der Waals surface area contributed by atoms with E-state index in [4.69, 9.17) is 4.74 Å². The van der Waals surface area contributed by atoms with Crippen LogP contribution in [-0.4, -0.2) is 30.9 Å². The summed E-state index contributed by atoms with van der Waals surface area (Å²) in [5.74, 6) is 0.907. The van der Waals surface area contributed by atoms with Crippen molar-refractivity contribution in [2.45, 2.75) is 40.2 Å². The van der Waals surface area contributed by atoms with Gasteiger partial charge in [-0.1, -0.05) is 19.1 Å². The van der Waals surface area contributed by atoms with Crippen molar-refractivity contribution in [3.05, 3.63) is 28.8 Å². The average molecular weight is 251 g/mol. The van der Waals surface area contributed by atoms with Gasteiger partial charge in [-0.2, -0.15) is 0 Å². The van der Waals surface area contributed by atoms with Crippen LogP contribution in [0.15, 0.2) is 12.1 Å². The van der Waals surface area contributed by atoms with Gasteiger partial charge in [0.2, 0.25) is 0 Å². The molecule has 0 saturated heterocycles. The van der Waals surface area contributed by atoms with E-state index in [1.165, 1.54) is 5.56 Å². The zero-order valence-electron chi connectivity index (χ0n) is 11.9. The maximum Gasteiger partial charge on any atom is 0.125 e. The van der Waals surface area contributed by atoms with Crippen LogP contribution < -0.4 is 10.1 Å². The lowest BCUT2D eigenvalue weighted by Gasteiger charge is -2.17. The summed E-state index contributed by atoms with van der Waals surface area (Å²) >= 11 is 0. The number of hydrogen-bond donors (Lipinski definition) is 2. The van der Waals surface area contributed by atoms with Gasteiger partial charge in [-0.3, -0.25) is 0 Å². The number of benzene rings is 1. The van der Waals surface area contributed by atoms with E-state index in [0.29, 0.717) is 13.2 Å². The lowest BCUT2D eigenvalue weighted by molar-refractivity contribution is 0.106. The van der Waals surface area contributed by atoms with E-state index in [1.54, 1.807) is 0 Å². The first-order valence-corrected chi connectivity index (χ1v) is 6.64. The average Bonchev–Trinajstić information content (AvgIpc) is 2.34. The van der Waals surface area contributed by atoms with Gasteiger partial charge in [-0.15, -0.1) is 0 Å². The molecule has 1 rings (SSSR count). The molecule has 1 atom stereocenters. The SMILES string of the molecule is CCCNCC(O)COc1c(C)ccc(C)c1C. The smallest absolute Gasteiger partial charge is 0.125 e. The summed E-state index contributed by atoms with van der Waals surface area (Å²) in [6.07, 6.45) is 0.611. The minimum Gasteiger partial charge on any atom is -0.490 e. The second-order valence-corrected chi connectivity index (χ2v) is 4.82. The second kappa shape index (κ2) is 7.39. The molecule has 0 aliphatic rings. The van der Waals surface area contributed by atoms with Gasteiger partial charge in [0.1, 0.15) is 18.5 Å². The molecular formula is C15H25NO2. The summed E-state index contributed by atoms with van der Waals surface area (Å²) in [4.78, 5) is 0. The third-order valence-corrected chi connectivity index (χ3v) is 3.10. The summed E-state index contributed by atoms with van der Waals surface area (Å²) < 4.78 is 5.75. The van der Waals surface area contributed by atoms with Crippen LogP contribution in [0.2, 0.25) is 0 Å². The Morgan fingerprint density at radius 3 is 2.56 bits per heavy atom. The minimum atomic E-state index is -0.462. The highest BCUT2D eigenvalue weighted by Gasteiger charge is 2.09. The Morgan fingerprint density at radius 2 is 1.89 bits per heavy atom. The molecule has 0 saturated carbocycles. The molecule has 0 aliphatic carbocycles. The summed E-state index contributed by atoms with van der Waals surface area (Å²) in [5.41, 5.74) is 3.49. The molecule has 102 valence electrons. The zero-order valence-corrected chi connectivity index (χ0v) is 11.9. The number of aliphatic hydroxyl groups is 1. The Balaban J connectivity index is 2.50. The molecule has 0 radical (unpaired) electrons. The highest BCUT2D eigenvalue weighted by Crippen LogP contribution is 2.25. The quantitative estimate of drug-likeness (QED) is 0.731. The molecule has 0 bridgehead atoms. The van der Waals surface area contributed by atoms with E-state index >= 15 is 0 Å². The van der Waals surface area contributed by atoms with Crippen molar-refractivity contribution >= 4 is 0 Å². The van der Waals surface area contributed by atoms with Crippen LogP contribution in [0.5, 0.6) is 5.75 Å². The van der Waals surface area contributed by atoms with Gasteiger partial charge in [0, 0.05) is 6.54 Å². The van der Waals surface area contributed by atoms with E-state index in [1.807, 2.05) is 6.92 Å². The Kier molecular flexibility index (Phi) is 6.16. The number of rotatable bonds is 7. The molecule has 0 fully saturated rings. The fraction of sp³-hybridized carbons (Fsp3) is 0.600. The maximum atomic E-state index is 9.80. The Labute approximate surface area is 110 Å². The normalized spacial score (nSPS) is 12.5. The van der Waals surface area contributed by atoms with Gasteiger partial charge in [-0.25, -0.2) is 0 Å². The predicted molar refractivity (Wildman–Crippen MR) is 75.3 cm³/mol. The summed E-state index contributed by atoms with van der Waals surface area (Å²) in [5, 5.41) is 13.0. The van der Waals surface area contributed by atoms with Gasteiger partial charge < -0.3 is 15.2 Å². The largest absolute Gasteiger partial charge is 0.490 e. The second-order valence-electron chi connectivity index (χ2n) is 4.82.